The Hall–Kier alpha value is -1.26. The minimum Gasteiger partial charge on any atom is -0.369 e. The van der Waals surface area contributed by atoms with E-state index < -0.39 is 0 Å². The van der Waals surface area contributed by atoms with E-state index >= 15 is 0 Å². The molecular weight excluding hydrogens is 300 g/mol. The number of nitrogens with zero attached hydrogens (tertiary/aromatic N) is 1. The van der Waals surface area contributed by atoms with E-state index in [4.69, 9.17) is 11.5 Å². The first-order valence-corrected chi connectivity index (χ1v) is 10.0. The van der Waals surface area contributed by atoms with Gasteiger partial charge in [0.2, 0.25) is 11.9 Å². The lowest BCUT2D eigenvalue weighted by atomic mass is 10.0. The van der Waals surface area contributed by atoms with Gasteiger partial charge in [0.05, 0.1) is 0 Å². The predicted molar refractivity (Wildman–Crippen MR) is 103 cm³/mol. The van der Waals surface area contributed by atoms with Crippen molar-refractivity contribution in [1.29, 1.82) is 0 Å². The van der Waals surface area contributed by atoms with Crippen LogP contribution in [0.5, 0.6) is 0 Å². The zero-order valence-corrected chi connectivity index (χ0v) is 15.8. The molecule has 142 valence electrons. The molecule has 0 aliphatic rings. The number of unbranched alkanes of at least 4 members (excludes halogenated alkanes) is 14. The molecule has 0 spiro atoms. The summed E-state index contributed by atoms with van der Waals surface area (Å²) in [6, 6.07) is 0. The minimum atomic E-state index is -0.113. The molecule has 0 aliphatic heterocycles. The van der Waals surface area contributed by atoms with Gasteiger partial charge in [0.15, 0.2) is 0 Å². The summed E-state index contributed by atoms with van der Waals surface area (Å²) in [6.07, 6.45) is 20.3. The number of guanidine groups is 1. The van der Waals surface area contributed by atoms with Gasteiger partial charge in [-0.05, 0) is 6.42 Å². The zero-order chi connectivity index (χ0) is 17.9. The highest BCUT2D eigenvalue weighted by Crippen LogP contribution is 2.13. The molecule has 0 radical (unpaired) electrons. The van der Waals surface area contributed by atoms with Gasteiger partial charge >= 0.3 is 0 Å². The molecule has 0 saturated heterocycles. The maximum Gasteiger partial charge on any atom is 0.240 e. The SMILES string of the molecule is CCCCCCCCCCCCCCCCCC(=O)NN=C(N)N. The Kier molecular flexibility index (Phi) is 17.1. The van der Waals surface area contributed by atoms with Gasteiger partial charge in [0.1, 0.15) is 0 Å². The number of hydrogen-bond donors (Lipinski definition) is 3. The molecule has 5 heteroatoms. The van der Waals surface area contributed by atoms with E-state index in [0.717, 1.165) is 12.8 Å². The second kappa shape index (κ2) is 18.1. The van der Waals surface area contributed by atoms with Gasteiger partial charge in [0.25, 0.3) is 0 Å². The van der Waals surface area contributed by atoms with Gasteiger partial charge in [-0.3, -0.25) is 4.79 Å². The fourth-order valence-corrected chi connectivity index (χ4v) is 2.84. The van der Waals surface area contributed by atoms with Gasteiger partial charge in [-0.15, -0.1) is 5.10 Å². The molecule has 5 N–H and O–H groups in total. The molecule has 0 unspecified atom stereocenters. The number of nitrogens with one attached hydrogen (secondary N) is 1. The number of hydrazone groups is 1. The lowest BCUT2D eigenvalue weighted by Gasteiger charge is -2.03. The number of carbonyl (C=O) groups excluding carboxylic acids is 1. The van der Waals surface area contributed by atoms with Gasteiger partial charge in [-0.2, -0.15) is 0 Å². The summed E-state index contributed by atoms with van der Waals surface area (Å²) < 4.78 is 0. The summed E-state index contributed by atoms with van der Waals surface area (Å²) in [5, 5.41) is 3.49. The van der Waals surface area contributed by atoms with Crippen molar-refractivity contribution < 1.29 is 4.79 Å². The summed E-state index contributed by atoms with van der Waals surface area (Å²) in [6.45, 7) is 2.27. The molecule has 0 rings (SSSR count). The van der Waals surface area contributed by atoms with Crippen LogP contribution in [0.2, 0.25) is 0 Å². The smallest absolute Gasteiger partial charge is 0.240 e. The van der Waals surface area contributed by atoms with Crippen LogP contribution in [0.1, 0.15) is 110 Å². The molecule has 0 bridgehead atoms. The summed E-state index contributed by atoms with van der Waals surface area (Å²) in [7, 11) is 0. The first kappa shape index (κ1) is 22.7. The van der Waals surface area contributed by atoms with Crippen molar-refractivity contribution in [2.24, 2.45) is 16.6 Å². The largest absolute Gasteiger partial charge is 0.369 e. The Morgan fingerprint density at radius 3 is 1.46 bits per heavy atom. The highest BCUT2D eigenvalue weighted by molar-refractivity contribution is 5.80. The molecular formula is C19H40N4O. The first-order chi connectivity index (χ1) is 11.7. The van der Waals surface area contributed by atoms with Crippen molar-refractivity contribution in [3.63, 3.8) is 0 Å². The zero-order valence-electron chi connectivity index (χ0n) is 15.8. The van der Waals surface area contributed by atoms with Gasteiger partial charge in [0, 0.05) is 6.42 Å². The van der Waals surface area contributed by atoms with Crippen molar-refractivity contribution >= 4 is 11.9 Å². The third-order valence-corrected chi connectivity index (χ3v) is 4.32. The van der Waals surface area contributed by atoms with Crippen molar-refractivity contribution in [2.45, 2.75) is 110 Å². The van der Waals surface area contributed by atoms with E-state index in [1.807, 2.05) is 0 Å². The molecule has 24 heavy (non-hydrogen) atoms. The highest BCUT2D eigenvalue weighted by Gasteiger charge is 1.99. The fraction of sp³-hybridized carbons (Fsp3) is 0.895. The van der Waals surface area contributed by atoms with Crippen LogP contribution < -0.4 is 16.9 Å². The summed E-state index contributed by atoms with van der Waals surface area (Å²) in [5.74, 6) is -0.224. The maximum atomic E-state index is 11.4. The van der Waals surface area contributed by atoms with Crippen molar-refractivity contribution in [1.82, 2.24) is 5.43 Å². The normalized spacial score (nSPS) is 10.5. The van der Waals surface area contributed by atoms with E-state index in [1.54, 1.807) is 0 Å². The average Bonchev–Trinajstić information content (AvgIpc) is 2.56. The van der Waals surface area contributed by atoms with Crippen molar-refractivity contribution in [2.75, 3.05) is 0 Å². The van der Waals surface area contributed by atoms with Gasteiger partial charge in [-0.1, -0.05) is 96.8 Å². The Morgan fingerprint density at radius 1 is 0.708 bits per heavy atom. The van der Waals surface area contributed by atoms with Crippen LogP contribution in [0.25, 0.3) is 0 Å². The van der Waals surface area contributed by atoms with Crippen LogP contribution in [0.15, 0.2) is 5.10 Å². The highest BCUT2D eigenvalue weighted by atomic mass is 16.2. The quantitative estimate of drug-likeness (QED) is 0.157. The lowest BCUT2D eigenvalue weighted by molar-refractivity contribution is -0.121. The van der Waals surface area contributed by atoms with E-state index in [2.05, 4.69) is 17.5 Å². The monoisotopic (exact) mass is 340 g/mol. The minimum absolute atomic E-state index is 0.111. The molecule has 0 aromatic carbocycles. The van der Waals surface area contributed by atoms with Gasteiger partial charge < -0.3 is 11.5 Å². The second-order valence-electron chi connectivity index (χ2n) is 6.77. The second-order valence-corrected chi connectivity index (χ2v) is 6.77. The van der Waals surface area contributed by atoms with Crippen LogP contribution in [0.3, 0.4) is 0 Å². The number of carbonyl (C=O) groups is 1. The Morgan fingerprint density at radius 2 is 1.08 bits per heavy atom. The van der Waals surface area contributed by atoms with Crippen molar-refractivity contribution in [3.05, 3.63) is 0 Å². The molecule has 0 heterocycles. The Balaban J connectivity index is 3.12. The summed E-state index contributed by atoms with van der Waals surface area (Å²) in [4.78, 5) is 11.4. The molecule has 0 fully saturated rings. The maximum absolute atomic E-state index is 11.4. The summed E-state index contributed by atoms with van der Waals surface area (Å²) in [5.41, 5.74) is 12.6. The van der Waals surface area contributed by atoms with E-state index in [-0.39, 0.29) is 11.9 Å². The van der Waals surface area contributed by atoms with Crippen LogP contribution in [0, 0.1) is 0 Å². The fourth-order valence-electron chi connectivity index (χ4n) is 2.84. The average molecular weight is 341 g/mol. The topological polar surface area (TPSA) is 93.5 Å². The van der Waals surface area contributed by atoms with Crippen molar-refractivity contribution in [3.8, 4) is 0 Å². The van der Waals surface area contributed by atoms with Crippen LogP contribution >= 0.6 is 0 Å². The number of amides is 1. The molecule has 1 amide bonds. The number of nitrogens with two attached hydrogens (primary N) is 2. The van der Waals surface area contributed by atoms with Gasteiger partial charge in [-0.25, -0.2) is 5.43 Å². The Labute approximate surface area is 149 Å². The third kappa shape index (κ3) is 18.8. The Bertz CT molecular complexity index is 314. The number of hydrogen-bond acceptors (Lipinski definition) is 2. The van der Waals surface area contributed by atoms with E-state index in [1.165, 1.54) is 83.5 Å². The standard InChI is InChI=1S/C19H40N4O/c1-2-3-4-5-6-7-8-9-10-11-12-13-14-15-16-17-18(24)22-23-19(20)21/h2-17H2,1H3,(H,22,24)(H4,20,21,23). The van der Waals surface area contributed by atoms with E-state index in [9.17, 15) is 4.79 Å². The molecule has 5 nitrogen and oxygen atoms in total. The lowest BCUT2D eigenvalue weighted by Crippen LogP contribution is -2.28. The third-order valence-electron chi connectivity index (χ3n) is 4.32. The first-order valence-electron chi connectivity index (χ1n) is 10.0. The number of rotatable bonds is 17. The van der Waals surface area contributed by atoms with Crippen LogP contribution in [-0.2, 0) is 4.79 Å². The molecule has 0 atom stereocenters. The predicted octanol–water partition coefficient (Wildman–Crippen LogP) is 4.55. The molecule has 0 aromatic rings. The molecule has 0 saturated carbocycles. The van der Waals surface area contributed by atoms with Crippen LogP contribution in [-0.4, -0.2) is 11.9 Å². The molecule has 0 aromatic heterocycles. The summed E-state index contributed by atoms with van der Waals surface area (Å²) >= 11 is 0. The molecule has 0 aliphatic carbocycles. The van der Waals surface area contributed by atoms with Crippen LogP contribution in [0.4, 0.5) is 0 Å². The van der Waals surface area contributed by atoms with E-state index in [0.29, 0.717) is 6.42 Å².